The Labute approximate surface area is 109 Å². The molecule has 1 N–H and O–H groups in total. The Kier molecular flexibility index (Phi) is 4.35. The van der Waals surface area contributed by atoms with E-state index in [1.807, 2.05) is 6.07 Å². The maximum Gasteiger partial charge on any atom is 0.259 e. The summed E-state index contributed by atoms with van der Waals surface area (Å²) in [4.78, 5) is 20.4. The number of carbonyl (C=O) groups excluding carboxylic acids is 1. The number of pyridine rings is 1. The Hall–Kier alpha value is -1.82. The lowest BCUT2D eigenvalue weighted by molar-refractivity contribution is -0.116. The summed E-state index contributed by atoms with van der Waals surface area (Å²) >= 11 is 1.48. The molecule has 0 unspecified atom stereocenters. The van der Waals surface area contributed by atoms with Crippen LogP contribution in [0.2, 0.25) is 0 Å². The zero-order valence-electron chi connectivity index (χ0n) is 9.92. The van der Waals surface area contributed by atoms with Gasteiger partial charge in [-0.25, -0.2) is 4.98 Å². The van der Waals surface area contributed by atoms with E-state index < -0.39 is 0 Å². The standard InChI is InChI=1S/C12H13N3O2S/c1-17-11-6-9(2-3-14-11)7-15-12(16)10-8-13-4-5-18-10/h2-4,6,8H,5,7H2,1H3,(H,15,16). The van der Waals surface area contributed by atoms with Crippen LogP contribution in [-0.4, -0.2) is 30.0 Å². The summed E-state index contributed by atoms with van der Waals surface area (Å²) < 4.78 is 5.02. The Bertz CT molecular complexity index is 500. The second-order valence-corrected chi connectivity index (χ2v) is 4.59. The first-order valence-corrected chi connectivity index (χ1v) is 6.40. The van der Waals surface area contributed by atoms with E-state index >= 15 is 0 Å². The molecule has 0 bridgehead atoms. The molecule has 5 nitrogen and oxygen atoms in total. The molecule has 94 valence electrons. The van der Waals surface area contributed by atoms with Crippen LogP contribution in [0.25, 0.3) is 0 Å². The average Bonchev–Trinajstić information content (AvgIpc) is 2.46. The highest BCUT2D eigenvalue weighted by molar-refractivity contribution is 8.04. The number of aliphatic imine (C=N–C) groups is 1. The van der Waals surface area contributed by atoms with E-state index in [0.29, 0.717) is 17.3 Å². The average molecular weight is 263 g/mol. The van der Waals surface area contributed by atoms with Crippen LogP contribution in [0.4, 0.5) is 0 Å². The van der Waals surface area contributed by atoms with Gasteiger partial charge in [0, 0.05) is 37.0 Å². The number of rotatable bonds is 4. The molecular formula is C12H13N3O2S. The molecule has 18 heavy (non-hydrogen) atoms. The minimum absolute atomic E-state index is 0.104. The molecule has 0 saturated carbocycles. The van der Waals surface area contributed by atoms with Gasteiger partial charge in [0.1, 0.15) is 0 Å². The minimum Gasteiger partial charge on any atom is -0.481 e. The Morgan fingerprint density at radius 3 is 3.22 bits per heavy atom. The first-order valence-electron chi connectivity index (χ1n) is 5.41. The van der Waals surface area contributed by atoms with E-state index in [4.69, 9.17) is 4.74 Å². The molecule has 1 amide bonds. The van der Waals surface area contributed by atoms with Gasteiger partial charge in [-0.3, -0.25) is 9.79 Å². The minimum atomic E-state index is -0.104. The number of ether oxygens (including phenoxy) is 1. The van der Waals surface area contributed by atoms with Gasteiger partial charge in [0.05, 0.1) is 12.0 Å². The number of carbonyl (C=O) groups is 1. The highest BCUT2D eigenvalue weighted by Gasteiger charge is 2.11. The summed E-state index contributed by atoms with van der Waals surface area (Å²) in [7, 11) is 1.56. The van der Waals surface area contributed by atoms with Crippen LogP contribution in [0, 0.1) is 0 Å². The van der Waals surface area contributed by atoms with Crippen LogP contribution >= 0.6 is 11.8 Å². The van der Waals surface area contributed by atoms with Crippen LogP contribution < -0.4 is 10.1 Å². The van der Waals surface area contributed by atoms with Crippen LogP contribution in [0.15, 0.2) is 34.4 Å². The summed E-state index contributed by atoms with van der Waals surface area (Å²) in [6.45, 7) is 0.444. The van der Waals surface area contributed by atoms with Gasteiger partial charge in [-0.2, -0.15) is 0 Å². The zero-order chi connectivity index (χ0) is 12.8. The number of thioether (sulfide) groups is 1. The van der Waals surface area contributed by atoms with Crippen molar-refractivity contribution >= 4 is 23.9 Å². The first-order chi connectivity index (χ1) is 8.79. The molecule has 1 aliphatic rings. The van der Waals surface area contributed by atoms with E-state index in [1.165, 1.54) is 11.8 Å². The highest BCUT2D eigenvalue weighted by Crippen LogP contribution is 2.18. The second kappa shape index (κ2) is 6.20. The third-order valence-corrected chi connectivity index (χ3v) is 3.21. The molecule has 0 aliphatic carbocycles. The molecule has 0 fully saturated rings. The lowest BCUT2D eigenvalue weighted by Gasteiger charge is -2.09. The molecule has 2 heterocycles. The van der Waals surface area contributed by atoms with Gasteiger partial charge in [0.2, 0.25) is 5.88 Å². The van der Waals surface area contributed by atoms with Gasteiger partial charge < -0.3 is 10.1 Å². The third-order valence-electron chi connectivity index (χ3n) is 2.30. The van der Waals surface area contributed by atoms with Crippen molar-refractivity contribution in [2.24, 2.45) is 4.99 Å². The van der Waals surface area contributed by atoms with E-state index in [1.54, 1.807) is 31.8 Å². The number of methoxy groups -OCH3 is 1. The molecule has 0 aromatic carbocycles. The molecular weight excluding hydrogens is 250 g/mol. The summed E-state index contributed by atoms with van der Waals surface area (Å²) in [5.41, 5.74) is 0.945. The van der Waals surface area contributed by atoms with Gasteiger partial charge in [-0.1, -0.05) is 0 Å². The molecule has 0 atom stereocenters. The Morgan fingerprint density at radius 2 is 2.50 bits per heavy atom. The van der Waals surface area contributed by atoms with Gasteiger partial charge in [0.25, 0.3) is 5.91 Å². The number of hydrogen-bond donors (Lipinski definition) is 1. The number of amides is 1. The predicted octanol–water partition coefficient (Wildman–Crippen LogP) is 1.37. The molecule has 0 spiro atoms. The fraction of sp³-hybridized carbons (Fsp3) is 0.250. The summed E-state index contributed by atoms with van der Waals surface area (Å²) in [5.74, 6) is 1.17. The smallest absolute Gasteiger partial charge is 0.259 e. The lowest BCUT2D eigenvalue weighted by atomic mass is 10.2. The molecule has 0 radical (unpaired) electrons. The van der Waals surface area contributed by atoms with Gasteiger partial charge in [-0.05, 0) is 11.6 Å². The quantitative estimate of drug-likeness (QED) is 0.891. The van der Waals surface area contributed by atoms with Crippen molar-refractivity contribution in [3.05, 3.63) is 35.0 Å². The number of aromatic nitrogens is 1. The second-order valence-electron chi connectivity index (χ2n) is 3.53. The van der Waals surface area contributed by atoms with Crippen molar-refractivity contribution in [2.75, 3.05) is 12.9 Å². The van der Waals surface area contributed by atoms with E-state index in [-0.39, 0.29) is 5.91 Å². The summed E-state index contributed by atoms with van der Waals surface area (Å²) in [6, 6.07) is 3.63. The normalized spacial score (nSPS) is 13.9. The monoisotopic (exact) mass is 263 g/mol. The lowest BCUT2D eigenvalue weighted by Crippen LogP contribution is -2.24. The molecule has 0 saturated heterocycles. The predicted molar refractivity (Wildman–Crippen MR) is 71.7 cm³/mol. The van der Waals surface area contributed by atoms with Crippen molar-refractivity contribution in [3.8, 4) is 5.88 Å². The van der Waals surface area contributed by atoms with Crippen molar-refractivity contribution in [2.45, 2.75) is 6.54 Å². The fourth-order valence-corrected chi connectivity index (χ4v) is 2.07. The third kappa shape index (κ3) is 3.33. The van der Waals surface area contributed by atoms with E-state index in [2.05, 4.69) is 15.3 Å². The van der Waals surface area contributed by atoms with Crippen molar-refractivity contribution < 1.29 is 9.53 Å². The van der Waals surface area contributed by atoms with Gasteiger partial charge in [0.15, 0.2) is 0 Å². The molecule has 1 aliphatic heterocycles. The first kappa shape index (κ1) is 12.6. The van der Waals surface area contributed by atoms with E-state index in [9.17, 15) is 4.79 Å². The van der Waals surface area contributed by atoms with Gasteiger partial charge in [-0.15, -0.1) is 11.8 Å². The Morgan fingerprint density at radius 1 is 1.61 bits per heavy atom. The van der Waals surface area contributed by atoms with Crippen LogP contribution in [-0.2, 0) is 11.3 Å². The molecule has 2 rings (SSSR count). The van der Waals surface area contributed by atoms with Crippen LogP contribution in [0.3, 0.4) is 0 Å². The number of nitrogens with one attached hydrogen (secondary N) is 1. The Balaban J connectivity index is 1.92. The molecule has 6 heteroatoms. The van der Waals surface area contributed by atoms with Crippen LogP contribution in [0.5, 0.6) is 5.88 Å². The molecule has 1 aromatic heterocycles. The topological polar surface area (TPSA) is 63.6 Å². The summed E-state index contributed by atoms with van der Waals surface area (Å²) in [5, 5.41) is 2.83. The number of nitrogens with zero attached hydrogens (tertiary/aromatic N) is 2. The van der Waals surface area contributed by atoms with Crippen molar-refractivity contribution in [3.63, 3.8) is 0 Å². The summed E-state index contributed by atoms with van der Waals surface area (Å²) in [6.07, 6.45) is 5.01. The van der Waals surface area contributed by atoms with Crippen LogP contribution in [0.1, 0.15) is 5.56 Å². The maximum atomic E-state index is 11.8. The zero-order valence-corrected chi connectivity index (χ0v) is 10.7. The SMILES string of the molecule is COc1cc(CNC(=O)C2=CN=CCS2)ccn1. The fourth-order valence-electron chi connectivity index (χ4n) is 1.39. The van der Waals surface area contributed by atoms with Crippen molar-refractivity contribution in [1.29, 1.82) is 0 Å². The highest BCUT2D eigenvalue weighted by atomic mass is 32.2. The van der Waals surface area contributed by atoms with Gasteiger partial charge >= 0.3 is 0 Å². The maximum absolute atomic E-state index is 11.8. The van der Waals surface area contributed by atoms with Crippen molar-refractivity contribution in [1.82, 2.24) is 10.3 Å². The van der Waals surface area contributed by atoms with E-state index in [0.717, 1.165) is 11.3 Å². The molecule has 1 aromatic rings. The largest absolute Gasteiger partial charge is 0.481 e. The number of hydrogen-bond acceptors (Lipinski definition) is 5.